The van der Waals surface area contributed by atoms with E-state index in [-0.39, 0.29) is 12.2 Å². The quantitative estimate of drug-likeness (QED) is 0.749. The van der Waals surface area contributed by atoms with Gasteiger partial charge in [0.05, 0.1) is 5.92 Å². The zero-order valence-electron chi connectivity index (χ0n) is 11.4. The molecule has 2 unspecified atom stereocenters. The average Bonchev–Trinajstić information content (AvgIpc) is 3.02. The number of para-hydroxylation sites is 1. The number of hydrogen-bond acceptors (Lipinski definition) is 3. The Morgan fingerprint density at radius 2 is 1.90 bits per heavy atom. The van der Waals surface area contributed by atoms with Crippen LogP contribution in [-0.2, 0) is 4.74 Å². The van der Waals surface area contributed by atoms with Gasteiger partial charge in [0.15, 0.2) is 0 Å². The van der Waals surface area contributed by atoms with Crippen molar-refractivity contribution in [3.05, 3.63) is 69.0 Å². The van der Waals surface area contributed by atoms with Crippen LogP contribution in [0.2, 0.25) is 0 Å². The zero-order chi connectivity index (χ0) is 14.4. The van der Waals surface area contributed by atoms with Crippen LogP contribution < -0.4 is 4.74 Å². The van der Waals surface area contributed by atoms with Gasteiger partial charge in [-0.05, 0) is 24.5 Å². The van der Waals surface area contributed by atoms with Crippen molar-refractivity contribution in [3.63, 3.8) is 0 Å². The third-order valence-electron chi connectivity index (χ3n) is 3.82. The summed E-state index contributed by atoms with van der Waals surface area (Å²) < 4.78 is 13.1. The summed E-state index contributed by atoms with van der Waals surface area (Å²) in [6.45, 7) is 0. The number of hydrogen-bond donors (Lipinski definition) is 0. The third kappa shape index (κ3) is 2.09. The Hall–Kier alpha value is -1.39. The van der Waals surface area contributed by atoms with Crippen LogP contribution in [0.25, 0.3) is 5.76 Å². The lowest BCUT2D eigenvalue weighted by Gasteiger charge is -2.12. The Bertz CT molecular complexity index is 741. The van der Waals surface area contributed by atoms with Gasteiger partial charge in [0.2, 0.25) is 0 Å². The number of fused-ring (bicyclic) bond motifs is 3. The van der Waals surface area contributed by atoms with E-state index in [0.29, 0.717) is 0 Å². The second-order valence-electron chi connectivity index (χ2n) is 5.03. The molecule has 0 radical (unpaired) electrons. The fraction of sp³-hybridized carbons (Fsp3) is 0.176. The summed E-state index contributed by atoms with van der Waals surface area (Å²) in [7, 11) is 0. The third-order valence-corrected chi connectivity index (χ3v) is 5.19. The Kier molecular flexibility index (Phi) is 3.23. The van der Waals surface area contributed by atoms with E-state index >= 15 is 0 Å². The summed E-state index contributed by atoms with van der Waals surface area (Å²) in [6.07, 6.45) is 1.86. The first-order chi connectivity index (χ1) is 10.3. The van der Waals surface area contributed by atoms with E-state index in [1.165, 1.54) is 10.5 Å². The first-order valence-electron chi connectivity index (χ1n) is 6.74. The van der Waals surface area contributed by atoms with E-state index < -0.39 is 0 Å². The van der Waals surface area contributed by atoms with Crippen LogP contribution in [0.1, 0.15) is 17.0 Å². The smallest absolute Gasteiger partial charge is 0.252 e. The topological polar surface area (TPSA) is 18.5 Å². The molecule has 0 saturated carbocycles. The lowest BCUT2D eigenvalue weighted by Crippen LogP contribution is -2.15. The number of thioether (sulfide) groups is 1. The predicted octanol–water partition coefficient (Wildman–Crippen LogP) is 5.01. The predicted molar refractivity (Wildman–Crippen MR) is 89.3 cm³/mol. The van der Waals surface area contributed by atoms with Gasteiger partial charge in [0.1, 0.15) is 11.5 Å². The Morgan fingerprint density at radius 3 is 2.71 bits per heavy atom. The maximum atomic E-state index is 6.13. The van der Waals surface area contributed by atoms with Crippen molar-refractivity contribution < 1.29 is 9.47 Å². The number of benzene rings is 2. The number of ether oxygens (including phenoxy) is 2. The molecule has 4 heteroatoms. The van der Waals surface area contributed by atoms with Crippen LogP contribution >= 0.6 is 27.7 Å². The van der Waals surface area contributed by atoms with Gasteiger partial charge in [-0.2, -0.15) is 0 Å². The Balaban J connectivity index is 1.83. The molecule has 21 heavy (non-hydrogen) atoms. The molecular formula is C17H13BrO2S. The molecule has 0 saturated heterocycles. The maximum absolute atomic E-state index is 6.13. The van der Waals surface area contributed by atoms with Crippen molar-refractivity contribution >= 4 is 33.5 Å². The molecule has 2 atom stereocenters. The summed E-state index contributed by atoms with van der Waals surface area (Å²) in [4.78, 5) is 1.24. The van der Waals surface area contributed by atoms with Gasteiger partial charge < -0.3 is 9.47 Å². The SMILES string of the molecule is CSC1=C(c2cccc(Br)c2)OC2Oc3ccccc3C12. The molecule has 4 rings (SSSR count). The van der Waals surface area contributed by atoms with Crippen molar-refractivity contribution in [2.24, 2.45) is 0 Å². The summed E-state index contributed by atoms with van der Waals surface area (Å²) in [6, 6.07) is 16.4. The molecule has 2 nitrogen and oxygen atoms in total. The van der Waals surface area contributed by atoms with Crippen LogP contribution in [0.3, 0.4) is 0 Å². The highest BCUT2D eigenvalue weighted by molar-refractivity contribution is 9.10. The fourth-order valence-electron chi connectivity index (χ4n) is 2.92. The monoisotopic (exact) mass is 360 g/mol. The van der Waals surface area contributed by atoms with Gasteiger partial charge in [-0.3, -0.25) is 0 Å². The van der Waals surface area contributed by atoms with Crippen LogP contribution in [0.5, 0.6) is 5.75 Å². The lowest BCUT2D eigenvalue weighted by atomic mass is 9.99. The normalized spacial score (nSPS) is 22.6. The van der Waals surface area contributed by atoms with Crippen LogP contribution in [0.4, 0.5) is 0 Å². The minimum Gasteiger partial charge on any atom is -0.454 e. The van der Waals surface area contributed by atoms with Gasteiger partial charge in [-0.15, -0.1) is 11.8 Å². The van der Waals surface area contributed by atoms with E-state index in [4.69, 9.17) is 9.47 Å². The highest BCUT2D eigenvalue weighted by Crippen LogP contribution is 2.53. The summed E-state index contributed by atoms with van der Waals surface area (Å²) >= 11 is 5.26. The summed E-state index contributed by atoms with van der Waals surface area (Å²) in [5, 5.41) is 0. The van der Waals surface area contributed by atoms with Gasteiger partial charge in [-0.1, -0.05) is 46.3 Å². The highest BCUT2D eigenvalue weighted by Gasteiger charge is 2.45. The average molecular weight is 361 g/mol. The van der Waals surface area contributed by atoms with Crippen LogP contribution in [0, 0.1) is 0 Å². The van der Waals surface area contributed by atoms with Crippen LogP contribution in [-0.4, -0.2) is 12.5 Å². The molecule has 0 aliphatic carbocycles. The first-order valence-corrected chi connectivity index (χ1v) is 8.76. The highest BCUT2D eigenvalue weighted by atomic mass is 79.9. The summed E-state index contributed by atoms with van der Waals surface area (Å²) in [5.41, 5.74) is 2.31. The van der Waals surface area contributed by atoms with Crippen molar-refractivity contribution in [2.75, 3.05) is 6.26 Å². The second-order valence-corrected chi connectivity index (χ2v) is 6.79. The molecular weight excluding hydrogens is 348 g/mol. The largest absolute Gasteiger partial charge is 0.454 e. The minimum absolute atomic E-state index is 0.185. The van der Waals surface area contributed by atoms with Gasteiger partial charge in [-0.25, -0.2) is 0 Å². The van der Waals surface area contributed by atoms with Crippen LogP contribution in [0.15, 0.2) is 57.9 Å². The zero-order valence-corrected chi connectivity index (χ0v) is 13.8. The molecule has 0 spiro atoms. The first kappa shape index (κ1) is 13.3. The number of halogens is 1. The Labute approximate surface area is 136 Å². The maximum Gasteiger partial charge on any atom is 0.252 e. The standard InChI is InChI=1S/C17H13BrO2S/c1-21-16-14-12-7-2-3-8-13(12)19-17(14)20-15(16)10-5-4-6-11(18)9-10/h2-9,14,17H,1H3. The van der Waals surface area contributed by atoms with E-state index in [1.807, 2.05) is 24.3 Å². The van der Waals surface area contributed by atoms with Crippen molar-refractivity contribution in [1.82, 2.24) is 0 Å². The van der Waals surface area contributed by atoms with Gasteiger partial charge in [0.25, 0.3) is 6.29 Å². The molecule has 2 aliphatic heterocycles. The van der Waals surface area contributed by atoms with Crippen molar-refractivity contribution in [1.29, 1.82) is 0 Å². The molecule has 2 aromatic rings. The van der Waals surface area contributed by atoms with E-state index in [0.717, 1.165) is 21.5 Å². The minimum atomic E-state index is -0.237. The van der Waals surface area contributed by atoms with Crippen molar-refractivity contribution in [2.45, 2.75) is 12.2 Å². The van der Waals surface area contributed by atoms with Crippen molar-refractivity contribution in [3.8, 4) is 5.75 Å². The van der Waals surface area contributed by atoms with Gasteiger partial charge in [0, 0.05) is 20.5 Å². The fourth-order valence-corrected chi connectivity index (χ4v) is 4.16. The van der Waals surface area contributed by atoms with Gasteiger partial charge >= 0.3 is 0 Å². The Morgan fingerprint density at radius 1 is 1.05 bits per heavy atom. The molecule has 0 amide bonds. The molecule has 2 aromatic carbocycles. The van der Waals surface area contributed by atoms with E-state index in [9.17, 15) is 0 Å². The molecule has 0 N–H and O–H groups in total. The molecule has 0 fully saturated rings. The van der Waals surface area contributed by atoms with E-state index in [1.54, 1.807) is 11.8 Å². The molecule has 0 aromatic heterocycles. The molecule has 106 valence electrons. The lowest BCUT2D eigenvalue weighted by molar-refractivity contribution is 0.00640. The van der Waals surface area contributed by atoms with E-state index in [2.05, 4.69) is 46.5 Å². The summed E-state index contributed by atoms with van der Waals surface area (Å²) in [5.74, 6) is 2.06. The molecule has 2 aliphatic rings. The molecule has 2 heterocycles. The number of rotatable bonds is 2. The second kappa shape index (κ2) is 5.11. The molecule has 0 bridgehead atoms.